The van der Waals surface area contributed by atoms with Crippen LogP contribution in [0.25, 0.3) is 11.0 Å². The van der Waals surface area contributed by atoms with Gasteiger partial charge < -0.3 is 0 Å². The van der Waals surface area contributed by atoms with Crippen molar-refractivity contribution in [1.29, 1.82) is 0 Å². The maximum atomic E-state index is 4.54. The molecule has 0 fully saturated rings. The van der Waals surface area contributed by atoms with Gasteiger partial charge in [-0.2, -0.15) is 5.10 Å². The lowest BCUT2D eigenvalue weighted by Gasteiger charge is -2.19. The van der Waals surface area contributed by atoms with Crippen LogP contribution in [-0.2, 0) is 5.54 Å². The van der Waals surface area contributed by atoms with Crippen molar-refractivity contribution in [3.63, 3.8) is 0 Å². The first-order chi connectivity index (χ1) is 6.89. The lowest BCUT2D eigenvalue weighted by Crippen LogP contribution is -2.23. The Balaban J connectivity index is 2.79. The van der Waals surface area contributed by atoms with E-state index in [0.29, 0.717) is 0 Å². The van der Waals surface area contributed by atoms with Gasteiger partial charge in [0.25, 0.3) is 0 Å². The molecule has 2 heterocycles. The molecule has 4 heteroatoms. The number of aryl methyl sites for hydroxylation is 1. The molecule has 0 saturated heterocycles. The van der Waals surface area contributed by atoms with Gasteiger partial charge in [0.1, 0.15) is 0 Å². The molecule has 0 aliphatic heterocycles. The average Bonchev–Trinajstić information content (AvgIpc) is 2.43. The number of hydrogen-bond acceptors (Lipinski definition) is 2. The number of aromatic nitrogens is 3. The second kappa shape index (κ2) is 3.30. The van der Waals surface area contributed by atoms with Gasteiger partial charge in [-0.3, -0.25) is 0 Å². The SMILES string of the molecule is Cc1nn(C(C)(C)C)c2ncc(Br)cc12. The fourth-order valence-corrected chi connectivity index (χ4v) is 1.92. The van der Waals surface area contributed by atoms with Crippen LogP contribution in [0.2, 0.25) is 0 Å². The van der Waals surface area contributed by atoms with E-state index in [1.165, 1.54) is 0 Å². The smallest absolute Gasteiger partial charge is 0.158 e. The van der Waals surface area contributed by atoms with Crippen LogP contribution in [0.1, 0.15) is 26.5 Å². The quantitative estimate of drug-likeness (QED) is 0.734. The molecular weight excluding hydrogens is 254 g/mol. The third-order valence-corrected chi connectivity index (χ3v) is 2.74. The Morgan fingerprint density at radius 3 is 2.60 bits per heavy atom. The summed E-state index contributed by atoms with van der Waals surface area (Å²) in [4.78, 5) is 4.42. The van der Waals surface area contributed by atoms with Crippen molar-refractivity contribution in [3.8, 4) is 0 Å². The second-order valence-corrected chi connectivity index (χ2v) is 5.61. The van der Waals surface area contributed by atoms with Crippen molar-refractivity contribution in [2.45, 2.75) is 33.2 Å². The van der Waals surface area contributed by atoms with E-state index in [2.05, 4.69) is 52.9 Å². The monoisotopic (exact) mass is 267 g/mol. The van der Waals surface area contributed by atoms with E-state index in [9.17, 15) is 0 Å². The Morgan fingerprint density at radius 2 is 2.00 bits per heavy atom. The highest BCUT2D eigenvalue weighted by atomic mass is 79.9. The minimum atomic E-state index is -0.0344. The molecule has 2 rings (SSSR count). The van der Waals surface area contributed by atoms with Crippen LogP contribution in [0.15, 0.2) is 16.7 Å². The van der Waals surface area contributed by atoms with Gasteiger partial charge in [-0.15, -0.1) is 0 Å². The summed E-state index contributed by atoms with van der Waals surface area (Å²) in [6.45, 7) is 8.40. The van der Waals surface area contributed by atoms with E-state index < -0.39 is 0 Å². The lowest BCUT2D eigenvalue weighted by atomic mass is 10.1. The predicted molar refractivity (Wildman–Crippen MR) is 65.0 cm³/mol. The Labute approximate surface area is 97.6 Å². The molecule has 0 aliphatic rings. The highest BCUT2D eigenvalue weighted by molar-refractivity contribution is 9.10. The molecule has 0 bridgehead atoms. The van der Waals surface area contributed by atoms with E-state index in [1.54, 1.807) is 0 Å². The van der Waals surface area contributed by atoms with Gasteiger partial charge in [-0.05, 0) is 49.7 Å². The van der Waals surface area contributed by atoms with Gasteiger partial charge in [0.2, 0.25) is 0 Å². The van der Waals surface area contributed by atoms with Gasteiger partial charge in [-0.25, -0.2) is 9.67 Å². The zero-order valence-electron chi connectivity index (χ0n) is 9.37. The zero-order chi connectivity index (χ0) is 11.2. The van der Waals surface area contributed by atoms with Crippen LogP contribution in [0.5, 0.6) is 0 Å². The van der Waals surface area contributed by atoms with Crippen molar-refractivity contribution in [2.24, 2.45) is 0 Å². The fourth-order valence-electron chi connectivity index (χ4n) is 1.59. The van der Waals surface area contributed by atoms with Crippen LogP contribution < -0.4 is 0 Å². The lowest BCUT2D eigenvalue weighted by molar-refractivity contribution is 0.364. The van der Waals surface area contributed by atoms with Gasteiger partial charge >= 0.3 is 0 Å². The van der Waals surface area contributed by atoms with Gasteiger partial charge in [0.15, 0.2) is 5.65 Å². The predicted octanol–water partition coefficient (Wildman–Crippen LogP) is 3.26. The first kappa shape index (κ1) is 10.6. The first-order valence-corrected chi connectivity index (χ1v) is 5.70. The number of fused-ring (bicyclic) bond motifs is 1. The molecule has 0 N–H and O–H groups in total. The largest absolute Gasteiger partial charge is 0.242 e. The standard InChI is InChI=1S/C11H14BrN3/c1-7-9-5-8(12)6-13-10(9)15(14-7)11(2,3)4/h5-6H,1-4H3. The molecule has 0 amide bonds. The highest BCUT2D eigenvalue weighted by Gasteiger charge is 2.19. The molecule has 15 heavy (non-hydrogen) atoms. The van der Waals surface area contributed by atoms with Crippen LogP contribution in [0, 0.1) is 6.92 Å². The van der Waals surface area contributed by atoms with E-state index >= 15 is 0 Å². The van der Waals surface area contributed by atoms with E-state index in [1.807, 2.05) is 17.8 Å². The van der Waals surface area contributed by atoms with Gasteiger partial charge in [-0.1, -0.05) is 0 Å². The fraction of sp³-hybridized carbons (Fsp3) is 0.455. The molecule has 0 spiro atoms. The Hall–Kier alpha value is -0.900. The number of hydrogen-bond donors (Lipinski definition) is 0. The van der Waals surface area contributed by atoms with Crippen molar-refractivity contribution >= 4 is 27.0 Å². The Kier molecular flexibility index (Phi) is 2.34. The zero-order valence-corrected chi connectivity index (χ0v) is 11.0. The summed E-state index contributed by atoms with van der Waals surface area (Å²) >= 11 is 3.43. The highest BCUT2D eigenvalue weighted by Crippen LogP contribution is 2.24. The van der Waals surface area contributed by atoms with E-state index in [4.69, 9.17) is 0 Å². The van der Waals surface area contributed by atoms with E-state index in [-0.39, 0.29) is 5.54 Å². The molecule has 3 nitrogen and oxygen atoms in total. The number of pyridine rings is 1. The summed E-state index contributed by atoms with van der Waals surface area (Å²) in [6.07, 6.45) is 1.81. The molecule has 0 atom stereocenters. The van der Waals surface area contributed by atoms with Crippen molar-refractivity contribution in [1.82, 2.24) is 14.8 Å². The molecule has 0 aliphatic carbocycles. The van der Waals surface area contributed by atoms with Gasteiger partial charge in [0.05, 0.1) is 11.2 Å². The number of rotatable bonds is 0. The molecular formula is C11H14BrN3. The van der Waals surface area contributed by atoms with E-state index in [0.717, 1.165) is 21.2 Å². The summed E-state index contributed by atoms with van der Waals surface area (Å²) < 4.78 is 2.97. The van der Waals surface area contributed by atoms with Crippen molar-refractivity contribution in [2.75, 3.05) is 0 Å². The number of nitrogens with zero attached hydrogens (tertiary/aromatic N) is 3. The topological polar surface area (TPSA) is 30.7 Å². The summed E-state index contributed by atoms with van der Waals surface area (Å²) in [7, 11) is 0. The molecule has 0 aromatic carbocycles. The third kappa shape index (κ3) is 1.78. The Morgan fingerprint density at radius 1 is 1.33 bits per heavy atom. The maximum absolute atomic E-state index is 4.54. The molecule has 0 radical (unpaired) electrons. The second-order valence-electron chi connectivity index (χ2n) is 4.69. The first-order valence-electron chi connectivity index (χ1n) is 4.91. The molecule has 0 saturated carbocycles. The summed E-state index contributed by atoms with van der Waals surface area (Å²) in [5, 5.41) is 5.65. The third-order valence-electron chi connectivity index (χ3n) is 2.31. The summed E-state index contributed by atoms with van der Waals surface area (Å²) in [6, 6.07) is 2.06. The average molecular weight is 268 g/mol. The van der Waals surface area contributed by atoms with Crippen LogP contribution in [-0.4, -0.2) is 14.8 Å². The molecule has 80 valence electrons. The molecule has 0 unspecified atom stereocenters. The Bertz CT molecular complexity index is 508. The summed E-state index contributed by atoms with van der Waals surface area (Å²) in [5.74, 6) is 0. The molecule has 2 aromatic rings. The van der Waals surface area contributed by atoms with Crippen LogP contribution >= 0.6 is 15.9 Å². The van der Waals surface area contributed by atoms with Crippen LogP contribution in [0.3, 0.4) is 0 Å². The molecule has 2 aromatic heterocycles. The van der Waals surface area contributed by atoms with Crippen molar-refractivity contribution in [3.05, 3.63) is 22.4 Å². The summed E-state index contributed by atoms with van der Waals surface area (Å²) in [5.41, 5.74) is 1.93. The minimum Gasteiger partial charge on any atom is -0.242 e. The maximum Gasteiger partial charge on any atom is 0.158 e. The van der Waals surface area contributed by atoms with Gasteiger partial charge in [0, 0.05) is 16.1 Å². The van der Waals surface area contributed by atoms with Crippen LogP contribution in [0.4, 0.5) is 0 Å². The van der Waals surface area contributed by atoms with Crippen molar-refractivity contribution < 1.29 is 0 Å². The normalized spacial score (nSPS) is 12.3. The minimum absolute atomic E-state index is 0.0344. The number of halogens is 1.